The second-order valence-electron chi connectivity index (χ2n) is 5.29. The summed E-state index contributed by atoms with van der Waals surface area (Å²) in [6, 6.07) is 0. The van der Waals surface area contributed by atoms with E-state index >= 15 is 0 Å². The van der Waals surface area contributed by atoms with E-state index in [1.807, 2.05) is 0 Å². The summed E-state index contributed by atoms with van der Waals surface area (Å²) >= 11 is 9.82. The van der Waals surface area contributed by atoms with Gasteiger partial charge >= 0.3 is 23.9 Å². The van der Waals surface area contributed by atoms with Gasteiger partial charge in [0.15, 0.2) is 0 Å². The molecule has 0 saturated carbocycles. The van der Waals surface area contributed by atoms with E-state index in [0.717, 1.165) is 0 Å². The van der Waals surface area contributed by atoms with Gasteiger partial charge in [0, 0.05) is 0 Å². The van der Waals surface area contributed by atoms with Gasteiger partial charge in [0.1, 0.15) is 36.6 Å². The molecular formula is C12H20Cl2O14Sn. The SMILES string of the molecule is O=C([O-])[C@@](O)(Cl)[C@@H](O)[C@H](O)[C@H](O)CO.O=C([O-])[C@@](O)(Cl)[C@@H](O)[C@H](O)[C@H](O)CO.[Sn+2]. The van der Waals surface area contributed by atoms with Crippen LogP contribution in [0.2, 0.25) is 0 Å². The van der Waals surface area contributed by atoms with Crippen LogP contribution in [-0.2, 0) is 9.59 Å². The first-order valence-electron chi connectivity index (χ1n) is 7.05. The summed E-state index contributed by atoms with van der Waals surface area (Å²) in [5.74, 6) is -4.45. The van der Waals surface area contributed by atoms with Gasteiger partial charge in [-0.2, -0.15) is 0 Å². The number of hydrogen-bond donors (Lipinski definition) is 10. The van der Waals surface area contributed by atoms with Crippen LogP contribution in [0.1, 0.15) is 0 Å². The minimum Gasteiger partial charge on any atom is -0.546 e. The van der Waals surface area contributed by atoms with Crippen LogP contribution >= 0.6 is 23.2 Å². The smallest absolute Gasteiger partial charge is 0.546 e. The average molecular weight is 578 g/mol. The Labute approximate surface area is 189 Å². The van der Waals surface area contributed by atoms with Crippen molar-refractivity contribution < 1.29 is 70.9 Å². The predicted molar refractivity (Wildman–Crippen MR) is 87.6 cm³/mol. The van der Waals surface area contributed by atoms with E-state index in [1.54, 1.807) is 0 Å². The van der Waals surface area contributed by atoms with E-state index in [1.165, 1.54) is 0 Å². The first-order chi connectivity index (χ1) is 12.5. The molecule has 0 saturated heterocycles. The molecule has 29 heavy (non-hydrogen) atoms. The molecule has 0 aromatic carbocycles. The number of rotatable bonds is 10. The molecule has 0 aromatic heterocycles. The average Bonchev–Trinajstić information content (AvgIpc) is 2.63. The number of halogens is 2. The Morgan fingerprint density at radius 3 is 1.07 bits per heavy atom. The Kier molecular flexibility index (Phi) is 16.3. The topological polar surface area (TPSA) is 283 Å². The van der Waals surface area contributed by atoms with Crippen LogP contribution in [0.3, 0.4) is 0 Å². The van der Waals surface area contributed by atoms with Crippen molar-refractivity contribution in [3.8, 4) is 0 Å². The zero-order valence-corrected chi connectivity index (χ0v) is 18.6. The zero-order chi connectivity index (χ0) is 23.0. The van der Waals surface area contributed by atoms with Crippen molar-refractivity contribution >= 4 is 59.0 Å². The third kappa shape index (κ3) is 9.72. The van der Waals surface area contributed by atoms with Gasteiger partial charge in [-0.3, -0.25) is 0 Å². The monoisotopic (exact) mass is 578 g/mol. The molecule has 8 atom stereocenters. The molecule has 17 heteroatoms. The minimum atomic E-state index is -3.23. The molecule has 0 spiro atoms. The quantitative estimate of drug-likeness (QED) is 0.0852. The standard InChI is InChI=1S/2C6H11ClO7.Sn/c2*7-6(14,5(12)13)4(11)3(10)2(9)1-8;/h2*2-4,8-11,14H,1H2,(H,12,13);/q;;+2/p-2/t2*2-,3-,4+,6-;/m11./s1. The molecule has 0 unspecified atom stereocenters. The van der Waals surface area contributed by atoms with Crippen LogP contribution in [0.15, 0.2) is 0 Å². The van der Waals surface area contributed by atoms with Gasteiger partial charge in [0.05, 0.1) is 25.2 Å². The molecule has 2 radical (unpaired) electrons. The zero-order valence-electron chi connectivity index (χ0n) is 14.2. The number of aliphatic hydroxyl groups excluding tert-OH is 8. The summed E-state index contributed by atoms with van der Waals surface area (Å²) < 4.78 is 0. The molecule has 0 aliphatic carbocycles. The largest absolute Gasteiger partial charge is 2.00 e. The van der Waals surface area contributed by atoms with Crippen LogP contribution in [0.5, 0.6) is 0 Å². The van der Waals surface area contributed by atoms with E-state index in [-0.39, 0.29) is 23.9 Å². The fraction of sp³-hybridized carbons (Fsp3) is 0.833. The number of hydrogen-bond acceptors (Lipinski definition) is 14. The Hall–Kier alpha value is -0.0813. The number of aliphatic carboxylic acids is 2. The molecule has 10 N–H and O–H groups in total. The van der Waals surface area contributed by atoms with E-state index < -0.39 is 71.9 Å². The van der Waals surface area contributed by atoms with Gasteiger partial charge in [-0.25, -0.2) is 0 Å². The predicted octanol–water partition coefficient (Wildman–Crippen LogP) is -8.90. The molecule has 0 fully saturated rings. The van der Waals surface area contributed by atoms with Crippen molar-refractivity contribution in [1.82, 2.24) is 0 Å². The van der Waals surface area contributed by atoms with E-state index in [4.69, 9.17) is 74.3 Å². The molecule has 14 nitrogen and oxygen atoms in total. The summed E-state index contributed by atoms with van der Waals surface area (Å²) in [7, 11) is 0. The van der Waals surface area contributed by atoms with Crippen molar-refractivity contribution in [3.63, 3.8) is 0 Å². The van der Waals surface area contributed by atoms with Crippen molar-refractivity contribution in [2.75, 3.05) is 13.2 Å². The summed E-state index contributed by atoms with van der Waals surface area (Å²) in [4.78, 5) is 20.3. The molecule has 170 valence electrons. The summed E-state index contributed by atoms with van der Waals surface area (Å²) in [5, 5.41) is 102. The summed E-state index contributed by atoms with van der Waals surface area (Å²) in [5.41, 5.74) is 0. The normalized spacial score (nSPS) is 21.4. The second kappa shape index (κ2) is 14.1. The van der Waals surface area contributed by atoms with Crippen molar-refractivity contribution in [1.29, 1.82) is 0 Å². The first kappa shape index (κ1) is 33.6. The summed E-state index contributed by atoms with van der Waals surface area (Å²) in [6.07, 6.45) is -12.7. The number of aliphatic hydroxyl groups is 10. The van der Waals surface area contributed by atoms with Gasteiger partial charge in [-0.05, 0) is 0 Å². The van der Waals surface area contributed by atoms with E-state index in [2.05, 4.69) is 0 Å². The van der Waals surface area contributed by atoms with E-state index in [0.29, 0.717) is 0 Å². The van der Waals surface area contributed by atoms with Crippen LogP contribution in [0.25, 0.3) is 0 Å². The van der Waals surface area contributed by atoms with Crippen LogP contribution in [-0.4, -0.2) is 147 Å². The molecule has 0 rings (SSSR count). The molecule has 0 aromatic rings. The van der Waals surface area contributed by atoms with Gasteiger partial charge in [-0.1, -0.05) is 23.2 Å². The first-order valence-corrected chi connectivity index (χ1v) is 7.81. The van der Waals surface area contributed by atoms with Crippen LogP contribution in [0, 0.1) is 0 Å². The molecule has 0 amide bonds. The van der Waals surface area contributed by atoms with Gasteiger partial charge < -0.3 is 70.9 Å². The van der Waals surface area contributed by atoms with Crippen LogP contribution < -0.4 is 10.2 Å². The molecule has 0 bridgehead atoms. The Morgan fingerprint density at radius 2 is 0.931 bits per heavy atom. The third-order valence-corrected chi connectivity index (χ3v) is 3.92. The number of carbonyl (C=O) groups is 2. The van der Waals surface area contributed by atoms with Crippen molar-refractivity contribution in [2.24, 2.45) is 0 Å². The fourth-order valence-electron chi connectivity index (χ4n) is 1.33. The Balaban J connectivity index is -0.000000451. The number of carboxylic acids is 2. The Bertz CT molecular complexity index is 463. The van der Waals surface area contributed by atoms with Gasteiger partial charge in [0.25, 0.3) is 0 Å². The number of carboxylic acid groups (broad SMARTS) is 2. The maximum Gasteiger partial charge on any atom is 2.00 e. The van der Waals surface area contributed by atoms with E-state index in [9.17, 15) is 19.8 Å². The van der Waals surface area contributed by atoms with Crippen LogP contribution in [0.4, 0.5) is 0 Å². The van der Waals surface area contributed by atoms with Crippen molar-refractivity contribution in [2.45, 2.75) is 46.7 Å². The van der Waals surface area contributed by atoms with Gasteiger partial charge in [0.2, 0.25) is 10.1 Å². The maximum atomic E-state index is 10.2. The maximum absolute atomic E-state index is 10.2. The Morgan fingerprint density at radius 1 is 0.724 bits per heavy atom. The number of carbonyl (C=O) groups excluding carboxylic acids is 2. The minimum absolute atomic E-state index is 0. The molecule has 0 aliphatic rings. The van der Waals surface area contributed by atoms with Crippen molar-refractivity contribution in [3.05, 3.63) is 0 Å². The fourth-order valence-corrected chi connectivity index (χ4v) is 1.59. The second-order valence-corrected chi connectivity index (χ2v) is 6.44. The van der Waals surface area contributed by atoms with Gasteiger partial charge in [-0.15, -0.1) is 0 Å². The molecule has 0 aliphatic heterocycles. The third-order valence-electron chi connectivity index (χ3n) is 3.17. The summed E-state index contributed by atoms with van der Waals surface area (Å²) in [6.45, 7) is -1.86. The number of alkyl halides is 2. The molecule has 0 heterocycles. The molecular weight excluding hydrogens is 558 g/mol.